The molecule has 2 aromatic rings. The molecule has 0 spiro atoms. The maximum atomic E-state index is 12.3. The van der Waals surface area contributed by atoms with Gasteiger partial charge in [0.25, 0.3) is 5.91 Å². The third-order valence-electron chi connectivity index (χ3n) is 2.91. The first kappa shape index (κ1) is 15.7. The molecule has 0 atom stereocenters. The standard InChI is InChI=1S/C15H15F2N3O2/c1-9-6-11(7-10(2)13(9)22-15(16)17)8-19-20-14(21)12-4-3-5-18-12/h3-8,15,18H,1-2H3,(H,20,21)/b19-8-. The average Bonchev–Trinajstić information content (AvgIpc) is 2.97. The van der Waals surface area contributed by atoms with Crippen LogP contribution in [0.2, 0.25) is 0 Å². The zero-order valence-corrected chi connectivity index (χ0v) is 12.1. The quantitative estimate of drug-likeness (QED) is 0.658. The number of H-pyrrole nitrogens is 1. The number of benzene rings is 1. The van der Waals surface area contributed by atoms with Crippen molar-refractivity contribution in [3.8, 4) is 5.75 Å². The van der Waals surface area contributed by atoms with E-state index >= 15 is 0 Å². The van der Waals surface area contributed by atoms with Crippen LogP contribution in [0, 0.1) is 13.8 Å². The van der Waals surface area contributed by atoms with Crippen LogP contribution in [0.25, 0.3) is 0 Å². The molecule has 0 aliphatic heterocycles. The number of hydrazone groups is 1. The number of nitrogens with zero attached hydrogens (tertiary/aromatic N) is 1. The molecule has 22 heavy (non-hydrogen) atoms. The predicted molar refractivity (Wildman–Crippen MR) is 78.4 cm³/mol. The third kappa shape index (κ3) is 3.91. The Morgan fingerprint density at radius 1 is 1.36 bits per heavy atom. The lowest BCUT2D eigenvalue weighted by atomic mass is 10.1. The summed E-state index contributed by atoms with van der Waals surface area (Å²) in [6.07, 6.45) is 3.07. The van der Waals surface area contributed by atoms with Crippen molar-refractivity contribution in [1.82, 2.24) is 10.4 Å². The molecule has 1 aromatic heterocycles. The van der Waals surface area contributed by atoms with E-state index < -0.39 is 6.61 Å². The van der Waals surface area contributed by atoms with E-state index in [-0.39, 0.29) is 11.7 Å². The molecule has 0 fully saturated rings. The lowest BCUT2D eigenvalue weighted by Gasteiger charge is -2.11. The minimum atomic E-state index is -2.86. The maximum Gasteiger partial charge on any atom is 0.387 e. The number of aromatic amines is 1. The molecule has 0 saturated heterocycles. The van der Waals surface area contributed by atoms with Crippen molar-refractivity contribution < 1.29 is 18.3 Å². The molecule has 1 aromatic carbocycles. The van der Waals surface area contributed by atoms with Gasteiger partial charge in [-0.1, -0.05) is 0 Å². The topological polar surface area (TPSA) is 66.5 Å². The molecular weight excluding hydrogens is 292 g/mol. The van der Waals surface area contributed by atoms with E-state index in [4.69, 9.17) is 0 Å². The number of hydrogen-bond donors (Lipinski definition) is 2. The molecule has 0 saturated carbocycles. The lowest BCUT2D eigenvalue weighted by molar-refractivity contribution is -0.0507. The van der Waals surface area contributed by atoms with Crippen molar-refractivity contribution >= 4 is 12.1 Å². The summed E-state index contributed by atoms with van der Waals surface area (Å²) in [5.74, 6) is -0.213. The fourth-order valence-corrected chi connectivity index (χ4v) is 2.03. The second-order valence-corrected chi connectivity index (χ2v) is 4.65. The number of carbonyl (C=O) groups excluding carboxylic acids is 1. The fourth-order valence-electron chi connectivity index (χ4n) is 2.03. The van der Waals surface area contributed by atoms with Crippen molar-refractivity contribution in [2.24, 2.45) is 5.10 Å². The van der Waals surface area contributed by atoms with Crippen LogP contribution in [0.3, 0.4) is 0 Å². The molecule has 0 aliphatic rings. The zero-order chi connectivity index (χ0) is 16.1. The van der Waals surface area contributed by atoms with Gasteiger partial charge in [-0.05, 0) is 54.8 Å². The summed E-state index contributed by atoms with van der Waals surface area (Å²) < 4.78 is 29.1. The number of nitrogens with one attached hydrogen (secondary N) is 2. The van der Waals surface area contributed by atoms with E-state index in [1.807, 2.05) is 0 Å². The summed E-state index contributed by atoms with van der Waals surface area (Å²) in [6.45, 7) is 0.469. The Hall–Kier alpha value is -2.70. The summed E-state index contributed by atoms with van der Waals surface area (Å²) in [7, 11) is 0. The molecule has 7 heteroatoms. The number of ether oxygens (including phenoxy) is 1. The number of aryl methyl sites for hydroxylation is 2. The van der Waals surface area contributed by atoms with E-state index in [1.165, 1.54) is 6.21 Å². The number of amides is 1. The Morgan fingerprint density at radius 2 is 2.05 bits per heavy atom. The van der Waals surface area contributed by atoms with Gasteiger partial charge >= 0.3 is 6.61 Å². The highest BCUT2D eigenvalue weighted by molar-refractivity contribution is 5.93. The minimum Gasteiger partial charge on any atom is -0.434 e. The molecular formula is C15H15F2N3O2. The van der Waals surface area contributed by atoms with E-state index in [0.29, 0.717) is 22.4 Å². The number of hydrogen-bond acceptors (Lipinski definition) is 3. The Labute approximate surface area is 126 Å². The van der Waals surface area contributed by atoms with Gasteiger partial charge < -0.3 is 9.72 Å². The molecule has 0 radical (unpaired) electrons. The Morgan fingerprint density at radius 3 is 2.59 bits per heavy atom. The van der Waals surface area contributed by atoms with Crippen molar-refractivity contribution in [1.29, 1.82) is 0 Å². The molecule has 5 nitrogen and oxygen atoms in total. The summed E-state index contributed by atoms with van der Waals surface area (Å²) >= 11 is 0. The van der Waals surface area contributed by atoms with Crippen LogP contribution in [0.4, 0.5) is 8.78 Å². The lowest BCUT2D eigenvalue weighted by Crippen LogP contribution is -2.17. The van der Waals surface area contributed by atoms with E-state index in [0.717, 1.165) is 0 Å². The van der Waals surface area contributed by atoms with Gasteiger partial charge in [0.05, 0.1) is 6.21 Å². The van der Waals surface area contributed by atoms with Crippen LogP contribution in [0.5, 0.6) is 5.75 Å². The van der Waals surface area contributed by atoms with Gasteiger partial charge in [0, 0.05) is 6.20 Å². The van der Waals surface area contributed by atoms with Crippen molar-refractivity contribution in [2.45, 2.75) is 20.5 Å². The minimum absolute atomic E-state index is 0.155. The van der Waals surface area contributed by atoms with Gasteiger partial charge in [0.2, 0.25) is 0 Å². The van der Waals surface area contributed by atoms with E-state index in [9.17, 15) is 13.6 Å². The van der Waals surface area contributed by atoms with Crippen molar-refractivity contribution in [3.05, 3.63) is 52.8 Å². The monoisotopic (exact) mass is 307 g/mol. The Kier molecular flexibility index (Phi) is 4.88. The Balaban J connectivity index is 2.07. The number of halogens is 2. The number of carbonyl (C=O) groups is 1. The van der Waals surface area contributed by atoms with Crippen LogP contribution in [-0.2, 0) is 0 Å². The highest BCUT2D eigenvalue weighted by Gasteiger charge is 2.11. The second kappa shape index (κ2) is 6.84. The van der Waals surface area contributed by atoms with Gasteiger partial charge in [-0.3, -0.25) is 4.79 Å². The van der Waals surface area contributed by atoms with Crippen LogP contribution in [0.15, 0.2) is 35.6 Å². The maximum absolute atomic E-state index is 12.3. The van der Waals surface area contributed by atoms with Gasteiger partial charge in [0.1, 0.15) is 11.4 Å². The molecule has 1 heterocycles. The van der Waals surface area contributed by atoms with E-state index in [2.05, 4.69) is 20.2 Å². The molecule has 2 rings (SSSR count). The predicted octanol–water partition coefficient (Wildman–Crippen LogP) is 3.00. The zero-order valence-electron chi connectivity index (χ0n) is 12.1. The van der Waals surface area contributed by atoms with Gasteiger partial charge in [-0.15, -0.1) is 0 Å². The Bertz CT molecular complexity index is 659. The molecule has 0 unspecified atom stereocenters. The van der Waals surface area contributed by atoms with Crippen LogP contribution in [0.1, 0.15) is 27.2 Å². The highest BCUT2D eigenvalue weighted by Crippen LogP contribution is 2.25. The molecule has 1 amide bonds. The number of alkyl halides is 2. The van der Waals surface area contributed by atoms with Gasteiger partial charge in [-0.2, -0.15) is 13.9 Å². The first-order valence-corrected chi connectivity index (χ1v) is 6.50. The first-order chi connectivity index (χ1) is 10.5. The summed E-state index contributed by atoms with van der Waals surface area (Å²) in [4.78, 5) is 14.4. The normalized spacial score (nSPS) is 11.1. The molecule has 116 valence electrons. The number of aromatic nitrogens is 1. The first-order valence-electron chi connectivity index (χ1n) is 6.50. The van der Waals surface area contributed by atoms with Crippen molar-refractivity contribution in [3.63, 3.8) is 0 Å². The molecule has 0 aliphatic carbocycles. The SMILES string of the molecule is Cc1cc(/C=N\NC(=O)c2ccc[nH]2)cc(C)c1OC(F)F. The van der Waals surface area contributed by atoms with Crippen molar-refractivity contribution in [2.75, 3.05) is 0 Å². The highest BCUT2D eigenvalue weighted by atomic mass is 19.3. The summed E-state index contributed by atoms with van der Waals surface area (Å²) in [6, 6.07) is 6.62. The summed E-state index contributed by atoms with van der Waals surface area (Å²) in [5.41, 5.74) is 4.56. The van der Waals surface area contributed by atoms with Crippen LogP contribution < -0.4 is 10.2 Å². The second-order valence-electron chi connectivity index (χ2n) is 4.65. The number of rotatable bonds is 5. The van der Waals surface area contributed by atoms with E-state index in [1.54, 1.807) is 44.3 Å². The summed E-state index contributed by atoms with van der Waals surface area (Å²) in [5, 5.41) is 3.84. The van der Waals surface area contributed by atoms with Crippen LogP contribution in [-0.4, -0.2) is 23.7 Å². The third-order valence-corrected chi connectivity index (χ3v) is 2.91. The van der Waals surface area contributed by atoms with Crippen LogP contribution >= 0.6 is 0 Å². The fraction of sp³-hybridized carbons (Fsp3) is 0.200. The molecule has 0 bridgehead atoms. The smallest absolute Gasteiger partial charge is 0.387 e. The van der Waals surface area contributed by atoms with Gasteiger partial charge in [0.15, 0.2) is 0 Å². The van der Waals surface area contributed by atoms with Gasteiger partial charge in [-0.25, -0.2) is 5.43 Å². The molecule has 2 N–H and O–H groups in total. The average molecular weight is 307 g/mol. The largest absolute Gasteiger partial charge is 0.434 e.